The molecule has 0 aliphatic heterocycles. The van der Waals surface area contributed by atoms with E-state index in [0.717, 1.165) is 24.7 Å². The number of aromatic amines is 1. The van der Waals surface area contributed by atoms with Gasteiger partial charge in [-0.15, -0.1) is 0 Å². The number of hydrogen-bond donors (Lipinski definition) is 1. The summed E-state index contributed by atoms with van der Waals surface area (Å²) in [6, 6.07) is 2.01. The van der Waals surface area contributed by atoms with Crippen molar-refractivity contribution in [3.63, 3.8) is 0 Å². The summed E-state index contributed by atoms with van der Waals surface area (Å²) < 4.78 is 4.96. The lowest BCUT2D eigenvalue weighted by atomic mass is 10.4. The molecule has 1 heterocycles. The molecule has 0 fully saturated rings. The van der Waals surface area contributed by atoms with Crippen LogP contribution >= 0.6 is 0 Å². The molecule has 0 aliphatic rings. The number of methoxy groups -OCH3 is 1. The van der Waals surface area contributed by atoms with Crippen molar-refractivity contribution in [1.29, 1.82) is 0 Å². The normalized spacial score (nSPS) is 10.2. The Labute approximate surface area is 72.5 Å². The molecule has 4 nitrogen and oxygen atoms in total. The van der Waals surface area contributed by atoms with E-state index >= 15 is 0 Å². The third-order valence-corrected chi connectivity index (χ3v) is 1.71. The first-order valence-electron chi connectivity index (χ1n) is 3.96. The minimum Gasteiger partial charge on any atom is -0.383 e. The number of aryl methyl sites for hydroxylation is 1. The van der Waals surface area contributed by atoms with E-state index in [2.05, 4.69) is 10.2 Å². The van der Waals surface area contributed by atoms with E-state index in [4.69, 9.17) is 4.74 Å². The summed E-state index contributed by atoms with van der Waals surface area (Å²) in [5.74, 6) is 0.963. The van der Waals surface area contributed by atoms with Crippen molar-refractivity contribution in [2.75, 3.05) is 32.2 Å². The van der Waals surface area contributed by atoms with Gasteiger partial charge >= 0.3 is 0 Å². The van der Waals surface area contributed by atoms with Gasteiger partial charge in [-0.25, -0.2) is 0 Å². The highest BCUT2D eigenvalue weighted by molar-refractivity contribution is 5.37. The quantitative estimate of drug-likeness (QED) is 0.724. The SMILES string of the molecule is COCCN(C)c1cc(C)[nH]n1. The Morgan fingerprint density at radius 3 is 2.92 bits per heavy atom. The van der Waals surface area contributed by atoms with Crippen LogP contribution in [0.1, 0.15) is 5.69 Å². The van der Waals surface area contributed by atoms with Gasteiger partial charge in [-0.1, -0.05) is 0 Å². The zero-order valence-electron chi connectivity index (χ0n) is 7.79. The Morgan fingerprint density at radius 2 is 2.42 bits per heavy atom. The third kappa shape index (κ3) is 2.23. The van der Waals surface area contributed by atoms with Crippen LogP contribution < -0.4 is 4.90 Å². The fourth-order valence-electron chi connectivity index (χ4n) is 0.942. The van der Waals surface area contributed by atoms with Crippen LogP contribution in [0.15, 0.2) is 6.07 Å². The summed E-state index contributed by atoms with van der Waals surface area (Å²) >= 11 is 0. The number of hydrogen-bond acceptors (Lipinski definition) is 3. The van der Waals surface area contributed by atoms with Crippen LogP contribution in [0, 0.1) is 6.92 Å². The molecular formula is C8H15N3O. The minimum absolute atomic E-state index is 0.725. The van der Waals surface area contributed by atoms with Gasteiger partial charge in [0.05, 0.1) is 6.61 Å². The van der Waals surface area contributed by atoms with Crippen LogP contribution in [-0.2, 0) is 4.74 Å². The summed E-state index contributed by atoms with van der Waals surface area (Å²) in [7, 11) is 3.69. The smallest absolute Gasteiger partial charge is 0.150 e. The zero-order chi connectivity index (χ0) is 8.97. The highest BCUT2D eigenvalue weighted by atomic mass is 16.5. The lowest BCUT2D eigenvalue weighted by Gasteiger charge is -2.14. The molecule has 0 atom stereocenters. The van der Waals surface area contributed by atoms with Gasteiger partial charge in [0.15, 0.2) is 0 Å². The van der Waals surface area contributed by atoms with E-state index in [1.54, 1.807) is 7.11 Å². The zero-order valence-corrected chi connectivity index (χ0v) is 7.79. The molecule has 4 heteroatoms. The van der Waals surface area contributed by atoms with Crippen molar-refractivity contribution in [3.05, 3.63) is 11.8 Å². The maximum Gasteiger partial charge on any atom is 0.150 e. The first-order valence-corrected chi connectivity index (χ1v) is 3.96. The Kier molecular flexibility index (Phi) is 3.10. The van der Waals surface area contributed by atoms with Gasteiger partial charge in [0.25, 0.3) is 0 Å². The molecule has 68 valence electrons. The van der Waals surface area contributed by atoms with Crippen LogP contribution in [0.3, 0.4) is 0 Å². The number of anilines is 1. The molecule has 0 spiro atoms. The minimum atomic E-state index is 0.725. The molecular weight excluding hydrogens is 154 g/mol. The predicted octanol–water partition coefficient (Wildman–Crippen LogP) is 0.801. The average Bonchev–Trinajstić information content (AvgIpc) is 2.47. The van der Waals surface area contributed by atoms with Gasteiger partial charge in [0.1, 0.15) is 5.82 Å². The van der Waals surface area contributed by atoms with Gasteiger partial charge in [-0.2, -0.15) is 5.10 Å². The van der Waals surface area contributed by atoms with E-state index in [0.29, 0.717) is 0 Å². The van der Waals surface area contributed by atoms with Gasteiger partial charge in [-0.3, -0.25) is 5.10 Å². The molecule has 1 N–H and O–H groups in total. The standard InChI is InChI=1S/C8H15N3O/c1-7-6-8(10-9-7)11(2)4-5-12-3/h6H,4-5H2,1-3H3,(H,9,10). The van der Waals surface area contributed by atoms with Gasteiger partial charge in [0.2, 0.25) is 0 Å². The number of nitrogens with one attached hydrogen (secondary N) is 1. The van der Waals surface area contributed by atoms with Gasteiger partial charge in [0, 0.05) is 32.5 Å². The molecule has 0 saturated carbocycles. The third-order valence-electron chi connectivity index (χ3n) is 1.71. The molecule has 0 bridgehead atoms. The molecule has 12 heavy (non-hydrogen) atoms. The van der Waals surface area contributed by atoms with Crippen molar-refractivity contribution >= 4 is 5.82 Å². The summed E-state index contributed by atoms with van der Waals surface area (Å²) in [5, 5.41) is 7.01. The summed E-state index contributed by atoms with van der Waals surface area (Å²) in [4.78, 5) is 2.05. The molecule has 0 amide bonds. The maximum absolute atomic E-state index is 4.96. The second kappa shape index (κ2) is 4.11. The van der Waals surface area contributed by atoms with Crippen molar-refractivity contribution in [1.82, 2.24) is 10.2 Å². The topological polar surface area (TPSA) is 41.1 Å². The largest absolute Gasteiger partial charge is 0.383 e. The second-order valence-corrected chi connectivity index (χ2v) is 2.82. The van der Waals surface area contributed by atoms with E-state index in [1.807, 2.05) is 24.9 Å². The van der Waals surface area contributed by atoms with Gasteiger partial charge < -0.3 is 9.64 Å². The fourth-order valence-corrected chi connectivity index (χ4v) is 0.942. The Bertz CT molecular complexity index is 234. The number of nitrogens with zero attached hydrogens (tertiary/aromatic N) is 2. The Balaban J connectivity index is 2.47. The first kappa shape index (κ1) is 9.06. The first-order chi connectivity index (χ1) is 5.74. The van der Waals surface area contributed by atoms with Crippen LogP contribution in [0.2, 0.25) is 0 Å². The van der Waals surface area contributed by atoms with Crippen molar-refractivity contribution < 1.29 is 4.74 Å². The lowest BCUT2D eigenvalue weighted by molar-refractivity contribution is 0.206. The molecule has 1 rings (SSSR count). The van der Waals surface area contributed by atoms with Gasteiger partial charge in [-0.05, 0) is 6.92 Å². The summed E-state index contributed by atoms with van der Waals surface area (Å²) in [6.45, 7) is 3.57. The van der Waals surface area contributed by atoms with Crippen LogP contribution in [0.4, 0.5) is 5.82 Å². The van der Waals surface area contributed by atoms with Crippen LogP contribution in [-0.4, -0.2) is 37.5 Å². The fraction of sp³-hybridized carbons (Fsp3) is 0.625. The highest BCUT2D eigenvalue weighted by Crippen LogP contribution is 2.08. The molecule has 0 saturated heterocycles. The van der Waals surface area contributed by atoms with Crippen molar-refractivity contribution in [3.8, 4) is 0 Å². The van der Waals surface area contributed by atoms with E-state index < -0.39 is 0 Å². The highest BCUT2D eigenvalue weighted by Gasteiger charge is 2.02. The van der Waals surface area contributed by atoms with Crippen molar-refractivity contribution in [2.24, 2.45) is 0 Å². The molecule has 0 aromatic carbocycles. The van der Waals surface area contributed by atoms with E-state index in [9.17, 15) is 0 Å². The predicted molar refractivity (Wildman–Crippen MR) is 48.5 cm³/mol. The van der Waals surface area contributed by atoms with E-state index in [1.165, 1.54) is 0 Å². The molecule has 1 aromatic heterocycles. The van der Waals surface area contributed by atoms with Crippen molar-refractivity contribution in [2.45, 2.75) is 6.92 Å². The van der Waals surface area contributed by atoms with Crippen LogP contribution in [0.5, 0.6) is 0 Å². The second-order valence-electron chi connectivity index (χ2n) is 2.82. The number of ether oxygens (including phenoxy) is 1. The summed E-state index contributed by atoms with van der Waals surface area (Å²) in [6.07, 6.45) is 0. The molecule has 0 unspecified atom stereocenters. The van der Waals surface area contributed by atoms with E-state index in [-0.39, 0.29) is 0 Å². The number of aromatic nitrogens is 2. The number of rotatable bonds is 4. The average molecular weight is 169 g/mol. The number of likely N-dealkylation sites (N-methyl/N-ethyl adjacent to an activating group) is 1. The number of H-pyrrole nitrogens is 1. The summed E-state index contributed by atoms with van der Waals surface area (Å²) in [5.41, 5.74) is 1.08. The Morgan fingerprint density at radius 1 is 1.67 bits per heavy atom. The molecule has 0 aliphatic carbocycles. The van der Waals surface area contributed by atoms with Crippen LogP contribution in [0.25, 0.3) is 0 Å². The lowest BCUT2D eigenvalue weighted by Crippen LogP contribution is -2.22. The molecule has 0 radical (unpaired) electrons. The monoisotopic (exact) mass is 169 g/mol. The molecule has 1 aromatic rings. The Hall–Kier alpha value is -1.03. The maximum atomic E-state index is 4.96.